The predicted octanol–water partition coefficient (Wildman–Crippen LogP) is 7.55. The number of aromatic nitrogens is 1. The van der Waals surface area contributed by atoms with Gasteiger partial charge in [0.1, 0.15) is 0 Å². The van der Waals surface area contributed by atoms with Gasteiger partial charge in [-0.25, -0.2) is 4.98 Å². The second-order valence-electron chi connectivity index (χ2n) is 9.81. The molecule has 5 heteroatoms. The van der Waals surface area contributed by atoms with Crippen LogP contribution in [0, 0.1) is 0 Å². The highest BCUT2D eigenvalue weighted by Gasteiger charge is 2.19. The van der Waals surface area contributed by atoms with Crippen LogP contribution < -0.4 is 0 Å². The van der Waals surface area contributed by atoms with Crippen LogP contribution in [0.15, 0.2) is 67.4 Å². The fraction of sp³-hybridized carbons (Fsp3) is 0.387. The Morgan fingerprint density at radius 1 is 0.917 bits per heavy atom. The van der Waals surface area contributed by atoms with Gasteiger partial charge in [-0.15, -0.1) is 0 Å². The van der Waals surface area contributed by atoms with Gasteiger partial charge in [-0.05, 0) is 44.3 Å². The summed E-state index contributed by atoms with van der Waals surface area (Å²) in [5.41, 5.74) is 7.36. The number of benzene rings is 2. The predicted molar refractivity (Wildman–Crippen MR) is 157 cm³/mol. The molecule has 4 rings (SSSR count). The molecule has 0 unspecified atom stereocenters. The summed E-state index contributed by atoms with van der Waals surface area (Å²) in [6.45, 7) is 19.6. The zero-order valence-electron chi connectivity index (χ0n) is 22.6. The third-order valence-electron chi connectivity index (χ3n) is 6.54. The number of hydrogen-bond donors (Lipinski definition) is 0. The highest BCUT2D eigenvalue weighted by Crippen LogP contribution is 2.31. The van der Waals surface area contributed by atoms with E-state index in [2.05, 4.69) is 105 Å². The van der Waals surface area contributed by atoms with Crippen molar-refractivity contribution in [2.45, 2.75) is 40.2 Å². The number of rotatable bonds is 7. The number of fused-ring (bicyclic) bond motifs is 1. The first-order valence-corrected chi connectivity index (χ1v) is 13.3. The van der Waals surface area contributed by atoms with Gasteiger partial charge in [0.25, 0.3) is 0 Å². The lowest BCUT2D eigenvalue weighted by Gasteiger charge is -2.38. The van der Waals surface area contributed by atoms with E-state index in [0.717, 1.165) is 76.9 Å². The summed E-state index contributed by atoms with van der Waals surface area (Å²) in [4.78, 5) is 11.8. The molecule has 0 aliphatic carbocycles. The number of halogens is 1. The lowest BCUT2D eigenvalue weighted by Crippen LogP contribution is -2.44. The molecular formula is C31H41ClN4. The van der Waals surface area contributed by atoms with E-state index in [1.165, 1.54) is 18.4 Å². The zero-order chi connectivity index (χ0) is 26.2. The SMILES string of the molecule is C=C(C)N1CCN(C(=C)c2ccc3c(Cl)cc(-c4ccc(CN(C)C)cc4)nc3c2)CC1.CCCC. The van der Waals surface area contributed by atoms with Crippen molar-refractivity contribution < 1.29 is 0 Å². The molecule has 2 aromatic carbocycles. The fourth-order valence-electron chi connectivity index (χ4n) is 4.20. The van der Waals surface area contributed by atoms with Gasteiger partial charge in [-0.3, -0.25) is 0 Å². The van der Waals surface area contributed by atoms with Gasteiger partial charge in [0.2, 0.25) is 0 Å². The molecular weight excluding hydrogens is 464 g/mol. The molecule has 0 radical (unpaired) electrons. The monoisotopic (exact) mass is 504 g/mol. The molecule has 0 amide bonds. The first-order chi connectivity index (χ1) is 17.2. The molecule has 192 valence electrons. The minimum atomic E-state index is 0.717. The minimum absolute atomic E-state index is 0.717. The smallest absolute Gasteiger partial charge is 0.0731 e. The average molecular weight is 505 g/mol. The zero-order valence-corrected chi connectivity index (χ0v) is 23.4. The van der Waals surface area contributed by atoms with Crippen LogP contribution in [0.1, 0.15) is 44.7 Å². The highest BCUT2D eigenvalue weighted by atomic mass is 35.5. The van der Waals surface area contributed by atoms with Gasteiger partial charge in [-0.2, -0.15) is 0 Å². The molecule has 4 nitrogen and oxygen atoms in total. The van der Waals surface area contributed by atoms with Crippen LogP contribution in [0.4, 0.5) is 0 Å². The lowest BCUT2D eigenvalue weighted by molar-refractivity contribution is 0.215. The van der Waals surface area contributed by atoms with Gasteiger partial charge >= 0.3 is 0 Å². The van der Waals surface area contributed by atoms with Crippen molar-refractivity contribution >= 4 is 28.2 Å². The molecule has 0 saturated carbocycles. The molecule has 0 bridgehead atoms. The number of allylic oxidation sites excluding steroid dienone is 1. The van der Waals surface area contributed by atoms with Crippen LogP contribution in [0.5, 0.6) is 0 Å². The first kappa shape index (κ1) is 27.8. The second-order valence-corrected chi connectivity index (χ2v) is 10.2. The van der Waals surface area contributed by atoms with Gasteiger partial charge in [0.05, 0.1) is 16.2 Å². The van der Waals surface area contributed by atoms with Gasteiger partial charge in [-0.1, -0.05) is 87.8 Å². The van der Waals surface area contributed by atoms with Crippen molar-refractivity contribution in [2.24, 2.45) is 0 Å². The van der Waals surface area contributed by atoms with Crippen molar-refractivity contribution in [2.75, 3.05) is 40.3 Å². The molecule has 0 spiro atoms. The van der Waals surface area contributed by atoms with Crippen LogP contribution in [-0.2, 0) is 6.54 Å². The Bertz CT molecular complexity index is 1170. The molecule has 1 aliphatic rings. The molecule has 36 heavy (non-hydrogen) atoms. The Labute approximate surface area is 222 Å². The Morgan fingerprint density at radius 3 is 2.08 bits per heavy atom. The molecule has 1 aliphatic heterocycles. The topological polar surface area (TPSA) is 22.6 Å². The molecule has 3 aromatic rings. The highest BCUT2D eigenvalue weighted by molar-refractivity contribution is 6.35. The Kier molecular flexibility index (Phi) is 9.98. The molecule has 2 heterocycles. The summed E-state index contributed by atoms with van der Waals surface area (Å²) in [5, 5.41) is 1.68. The minimum Gasteiger partial charge on any atom is -0.372 e. The summed E-state index contributed by atoms with van der Waals surface area (Å²) in [7, 11) is 4.15. The summed E-state index contributed by atoms with van der Waals surface area (Å²) in [6.07, 6.45) is 2.64. The van der Waals surface area contributed by atoms with Crippen LogP contribution in [0.2, 0.25) is 5.02 Å². The maximum Gasteiger partial charge on any atom is 0.0731 e. The van der Waals surface area contributed by atoms with E-state index in [4.69, 9.17) is 16.6 Å². The van der Waals surface area contributed by atoms with Crippen molar-refractivity contribution in [3.63, 3.8) is 0 Å². The van der Waals surface area contributed by atoms with E-state index in [1.54, 1.807) is 0 Å². The van der Waals surface area contributed by atoms with Crippen molar-refractivity contribution in [1.29, 1.82) is 0 Å². The van der Waals surface area contributed by atoms with Crippen molar-refractivity contribution in [3.8, 4) is 11.3 Å². The van der Waals surface area contributed by atoms with Gasteiger partial charge in [0.15, 0.2) is 0 Å². The fourth-order valence-corrected chi connectivity index (χ4v) is 4.46. The Balaban J connectivity index is 0.000000840. The molecule has 0 atom stereocenters. The van der Waals surface area contributed by atoms with E-state index < -0.39 is 0 Å². The number of piperazine rings is 1. The van der Waals surface area contributed by atoms with Crippen LogP contribution in [0.3, 0.4) is 0 Å². The van der Waals surface area contributed by atoms with Crippen molar-refractivity contribution in [3.05, 3.63) is 83.5 Å². The average Bonchev–Trinajstić information content (AvgIpc) is 2.88. The van der Waals surface area contributed by atoms with E-state index in [-0.39, 0.29) is 0 Å². The number of nitrogens with zero attached hydrogens (tertiary/aromatic N) is 4. The molecule has 0 N–H and O–H groups in total. The van der Waals surface area contributed by atoms with Crippen molar-refractivity contribution in [1.82, 2.24) is 19.7 Å². The third kappa shape index (κ3) is 7.11. The van der Waals surface area contributed by atoms with E-state index in [0.29, 0.717) is 0 Å². The number of hydrogen-bond acceptors (Lipinski definition) is 4. The third-order valence-corrected chi connectivity index (χ3v) is 6.86. The van der Waals surface area contributed by atoms with Crippen LogP contribution in [0.25, 0.3) is 27.9 Å². The maximum absolute atomic E-state index is 6.65. The Hall–Kier alpha value is -2.82. The van der Waals surface area contributed by atoms with Gasteiger partial charge in [0, 0.05) is 55.1 Å². The van der Waals surface area contributed by atoms with Crippen LogP contribution >= 0.6 is 11.6 Å². The van der Waals surface area contributed by atoms with Gasteiger partial charge < -0.3 is 14.7 Å². The second kappa shape index (κ2) is 12.9. The molecule has 1 aromatic heterocycles. The first-order valence-electron chi connectivity index (χ1n) is 12.9. The normalized spacial score (nSPS) is 13.5. The summed E-state index contributed by atoms with van der Waals surface area (Å²) >= 11 is 6.65. The summed E-state index contributed by atoms with van der Waals surface area (Å²) in [6, 6.07) is 16.8. The van der Waals surface area contributed by atoms with E-state index in [1.807, 2.05) is 6.07 Å². The standard InChI is InChI=1S/C27H31ClN4.C4H10/c1-19(2)31-12-14-32(15-13-31)20(3)23-10-11-24-25(28)17-26(29-27(24)16-23)22-8-6-21(7-9-22)18-30(4)5;1-3-4-2/h6-11,16-17H,1,3,12-15,18H2,2,4-5H3;3-4H2,1-2H3. The maximum atomic E-state index is 6.65. The number of unbranched alkanes of at least 4 members (excludes halogenated alkanes) is 1. The Morgan fingerprint density at radius 2 is 1.53 bits per heavy atom. The number of pyridine rings is 1. The van der Waals surface area contributed by atoms with E-state index in [9.17, 15) is 0 Å². The molecule has 1 fully saturated rings. The molecule has 1 saturated heterocycles. The summed E-state index contributed by atoms with van der Waals surface area (Å²) in [5.74, 6) is 0. The van der Waals surface area contributed by atoms with E-state index >= 15 is 0 Å². The van der Waals surface area contributed by atoms with Crippen LogP contribution in [-0.4, -0.2) is 60.0 Å². The lowest BCUT2D eigenvalue weighted by atomic mass is 10.0. The largest absolute Gasteiger partial charge is 0.372 e. The summed E-state index contributed by atoms with van der Waals surface area (Å²) < 4.78 is 0. The quantitative estimate of drug-likeness (QED) is 0.331.